The van der Waals surface area contributed by atoms with Crippen LogP contribution in [0.3, 0.4) is 0 Å². The van der Waals surface area contributed by atoms with Gasteiger partial charge in [-0.3, -0.25) is 4.68 Å². The van der Waals surface area contributed by atoms with Crippen LogP contribution < -0.4 is 0 Å². The lowest BCUT2D eigenvalue weighted by Crippen LogP contribution is -2.23. The van der Waals surface area contributed by atoms with Crippen LogP contribution in [0.2, 0.25) is 0 Å². The third-order valence-corrected chi connectivity index (χ3v) is 5.33. The van der Waals surface area contributed by atoms with E-state index in [-0.39, 0.29) is 0 Å². The van der Waals surface area contributed by atoms with Crippen molar-refractivity contribution in [1.29, 1.82) is 0 Å². The Morgan fingerprint density at radius 1 is 1.41 bits per heavy atom. The molecule has 4 heteroatoms. The molecule has 2 unspecified atom stereocenters. The summed E-state index contributed by atoms with van der Waals surface area (Å²) in [7, 11) is 0. The molecule has 1 aromatic heterocycles. The largest absolute Gasteiger partial charge is 0.268 e. The molecule has 0 aliphatic heterocycles. The lowest BCUT2D eigenvalue weighted by molar-refractivity contribution is 0.355. The van der Waals surface area contributed by atoms with E-state index in [1.165, 1.54) is 35.8 Å². The zero-order valence-corrected chi connectivity index (χ0v) is 12.9. The van der Waals surface area contributed by atoms with E-state index in [1.807, 2.05) is 0 Å². The van der Waals surface area contributed by atoms with Crippen LogP contribution in [0.1, 0.15) is 44.0 Å². The third-order valence-electron chi connectivity index (χ3n) is 3.72. The molecule has 1 aliphatic carbocycles. The Labute approximate surface area is 117 Å². The van der Waals surface area contributed by atoms with Crippen molar-refractivity contribution in [2.75, 3.05) is 0 Å². The van der Waals surface area contributed by atoms with Crippen molar-refractivity contribution in [3.63, 3.8) is 0 Å². The van der Waals surface area contributed by atoms with Gasteiger partial charge >= 0.3 is 0 Å². The van der Waals surface area contributed by atoms with Crippen LogP contribution in [0.25, 0.3) is 0 Å². The molecule has 96 valence electrons. The number of aromatic nitrogens is 2. The SMILES string of the molecule is CCn1nc(C)c(Br)c1CC1CCCCC1Cl. The van der Waals surface area contributed by atoms with Crippen molar-refractivity contribution < 1.29 is 0 Å². The highest BCUT2D eigenvalue weighted by molar-refractivity contribution is 9.10. The lowest BCUT2D eigenvalue weighted by atomic mass is 9.85. The number of hydrogen-bond donors (Lipinski definition) is 0. The molecule has 1 aliphatic rings. The molecule has 2 rings (SSSR count). The van der Waals surface area contributed by atoms with E-state index in [0.29, 0.717) is 11.3 Å². The molecular weight excluding hydrogens is 300 g/mol. The van der Waals surface area contributed by atoms with Gasteiger partial charge in [0, 0.05) is 11.9 Å². The van der Waals surface area contributed by atoms with Gasteiger partial charge in [-0.25, -0.2) is 0 Å². The van der Waals surface area contributed by atoms with Crippen molar-refractivity contribution in [2.45, 2.75) is 57.9 Å². The van der Waals surface area contributed by atoms with Crippen LogP contribution in [0, 0.1) is 12.8 Å². The standard InChI is InChI=1S/C13H20BrClN2/c1-3-17-12(13(14)9(2)16-17)8-10-6-4-5-7-11(10)15/h10-11H,3-8H2,1-2H3. The van der Waals surface area contributed by atoms with Crippen LogP contribution in [0.5, 0.6) is 0 Å². The second-order valence-corrected chi connectivity index (χ2v) is 6.28. The summed E-state index contributed by atoms with van der Waals surface area (Å²) in [6.45, 7) is 5.13. The molecule has 1 fully saturated rings. The minimum absolute atomic E-state index is 0.344. The van der Waals surface area contributed by atoms with Crippen LogP contribution >= 0.6 is 27.5 Å². The monoisotopic (exact) mass is 318 g/mol. The Hall–Kier alpha value is -0.0200. The summed E-state index contributed by atoms with van der Waals surface area (Å²) in [6, 6.07) is 0. The summed E-state index contributed by atoms with van der Waals surface area (Å²) in [5.74, 6) is 0.614. The zero-order valence-electron chi connectivity index (χ0n) is 10.5. The van der Waals surface area contributed by atoms with E-state index in [9.17, 15) is 0 Å². The average Bonchev–Trinajstić information content (AvgIpc) is 2.59. The summed E-state index contributed by atoms with van der Waals surface area (Å²) < 4.78 is 3.28. The molecule has 0 spiro atoms. The van der Waals surface area contributed by atoms with Crippen molar-refractivity contribution in [1.82, 2.24) is 9.78 Å². The smallest absolute Gasteiger partial charge is 0.0738 e. The quantitative estimate of drug-likeness (QED) is 0.759. The minimum atomic E-state index is 0.344. The highest BCUT2D eigenvalue weighted by atomic mass is 79.9. The number of halogens is 2. The first-order chi connectivity index (χ1) is 8.13. The Bertz CT molecular complexity index is 389. The second kappa shape index (κ2) is 5.75. The van der Waals surface area contributed by atoms with Gasteiger partial charge < -0.3 is 0 Å². The number of nitrogens with zero attached hydrogens (tertiary/aromatic N) is 2. The topological polar surface area (TPSA) is 17.8 Å². The lowest BCUT2D eigenvalue weighted by Gasteiger charge is -2.27. The summed E-state index contributed by atoms with van der Waals surface area (Å²) in [5, 5.41) is 4.89. The van der Waals surface area contributed by atoms with Crippen LogP contribution in [-0.4, -0.2) is 15.2 Å². The van der Waals surface area contributed by atoms with Crippen molar-refractivity contribution >= 4 is 27.5 Å². The van der Waals surface area contributed by atoms with Gasteiger partial charge in [0.15, 0.2) is 0 Å². The van der Waals surface area contributed by atoms with E-state index >= 15 is 0 Å². The van der Waals surface area contributed by atoms with Crippen molar-refractivity contribution in [2.24, 2.45) is 5.92 Å². The second-order valence-electron chi connectivity index (χ2n) is 4.93. The van der Waals surface area contributed by atoms with Gasteiger partial charge in [-0.1, -0.05) is 12.8 Å². The first-order valence-electron chi connectivity index (χ1n) is 6.49. The van der Waals surface area contributed by atoms with Crippen LogP contribution in [-0.2, 0) is 13.0 Å². The maximum atomic E-state index is 6.44. The predicted octanol–water partition coefficient (Wildman–Crippen LogP) is 4.31. The molecule has 2 atom stereocenters. The fraction of sp³-hybridized carbons (Fsp3) is 0.769. The first-order valence-corrected chi connectivity index (χ1v) is 7.72. The van der Waals surface area contributed by atoms with Gasteiger partial charge in [-0.15, -0.1) is 11.6 Å². The fourth-order valence-corrected chi connectivity index (χ4v) is 3.52. The molecule has 0 aromatic carbocycles. The van der Waals surface area contributed by atoms with E-state index in [2.05, 4.69) is 39.6 Å². The van der Waals surface area contributed by atoms with E-state index in [1.54, 1.807) is 0 Å². The Kier molecular flexibility index (Phi) is 4.53. The summed E-state index contributed by atoms with van der Waals surface area (Å²) in [5.41, 5.74) is 2.41. The Morgan fingerprint density at radius 3 is 2.76 bits per heavy atom. The predicted molar refractivity (Wildman–Crippen MR) is 75.6 cm³/mol. The van der Waals surface area contributed by atoms with E-state index in [0.717, 1.165) is 18.7 Å². The maximum absolute atomic E-state index is 6.44. The summed E-state index contributed by atoms with van der Waals surface area (Å²) in [4.78, 5) is 0. The van der Waals surface area contributed by atoms with Gasteiger partial charge in [0.2, 0.25) is 0 Å². The minimum Gasteiger partial charge on any atom is -0.268 e. The maximum Gasteiger partial charge on any atom is 0.0738 e. The Balaban J connectivity index is 2.16. The van der Waals surface area contributed by atoms with Gasteiger partial charge in [0.05, 0.1) is 15.9 Å². The van der Waals surface area contributed by atoms with E-state index in [4.69, 9.17) is 11.6 Å². The highest BCUT2D eigenvalue weighted by Crippen LogP contribution is 2.33. The molecule has 0 bridgehead atoms. The number of alkyl halides is 1. The van der Waals surface area contributed by atoms with Gasteiger partial charge in [-0.05, 0) is 55.0 Å². The molecule has 1 aromatic rings. The molecule has 1 heterocycles. The van der Waals surface area contributed by atoms with Gasteiger partial charge in [-0.2, -0.15) is 5.10 Å². The van der Waals surface area contributed by atoms with Crippen LogP contribution in [0.15, 0.2) is 4.47 Å². The molecular formula is C13H20BrClN2. The first kappa shape index (κ1) is 13.4. The zero-order chi connectivity index (χ0) is 12.4. The summed E-state index contributed by atoms with van der Waals surface area (Å²) >= 11 is 10.1. The molecule has 0 N–H and O–H groups in total. The fourth-order valence-electron chi connectivity index (χ4n) is 2.70. The highest BCUT2D eigenvalue weighted by Gasteiger charge is 2.26. The third kappa shape index (κ3) is 2.87. The van der Waals surface area contributed by atoms with Crippen molar-refractivity contribution in [3.8, 4) is 0 Å². The number of rotatable bonds is 3. The molecule has 1 saturated carbocycles. The average molecular weight is 320 g/mol. The van der Waals surface area contributed by atoms with Crippen LogP contribution in [0.4, 0.5) is 0 Å². The number of aryl methyl sites for hydroxylation is 2. The van der Waals surface area contributed by atoms with Crippen molar-refractivity contribution in [3.05, 3.63) is 15.9 Å². The molecule has 17 heavy (non-hydrogen) atoms. The molecule has 0 amide bonds. The van der Waals surface area contributed by atoms with Gasteiger partial charge in [0.25, 0.3) is 0 Å². The molecule has 2 nitrogen and oxygen atoms in total. The summed E-state index contributed by atoms with van der Waals surface area (Å²) in [6.07, 6.45) is 6.10. The van der Waals surface area contributed by atoms with E-state index < -0.39 is 0 Å². The van der Waals surface area contributed by atoms with Gasteiger partial charge in [0.1, 0.15) is 0 Å². The normalized spacial score (nSPS) is 25.2. The Morgan fingerprint density at radius 2 is 2.12 bits per heavy atom. The molecule has 0 radical (unpaired) electrons. The molecule has 0 saturated heterocycles. The number of hydrogen-bond acceptors (Lipinski definition) is 1.